The molecule has 0 spiro atoms. The number of carbonyl (C=O) groups is 1. The molecule has 0 bridgehead atoms. The third-order valence-corrected chi connectivity index (χ3v) is 6.65. The summed E-state index contributed by atoms with van der Waals surface area (Å²) in [6, 6.07) is 13.7. The van der Waals surface area contributed by atoms with E-state index in [9.17, 15) is 13.2 Å². The summed E-state index contributed by atoms with van der Waals surface area (Å²) < 4.78 is 29.4. The number of halogens is 1. The van der Waals surface area contributed by atoms with Crippen molar-refractivity contribution in [2.75, 3.05) is 18.1 Å². The second-order valence-electron chi connectivity index (χ2n) is 6.74. The van der Waals surface area contributed by atoms with Gasteiger partial charge in [0.2, 0.25) is 0 Å². The van der Waals surface area contributed by atoms with E-state index in [1.165, 1.54) is 0 Å². The third-order valence-electron chi connectivity index (χ3n) is 4.65. The number of hydrogen-bond donors (Lipinski definition) is 0. The highest BCUT2D eigenvalue weighted by Gasteiger charge is 2.35. The maximum absolute atomic E-state index is 13.2. The van der Waals surface area contributed by atoms with E-state index in [2.05, 4.69) is 6.58 Å². The van der Waals surface area contributed by atoms with Crippen LogP contribution in [0.4, 0.5) is 0 Å². The Morgan fingerprint density at radius 3 is 2.43 bits per heavy atom. The van der Waals surface area contributed by atoms with Crippen LogP contribution in [0.25, 0.3) is 0 Å². The summed E-state index contributed by atoms with van der Waals surface area (Å²) in [5, 5.41) is 0.611. The maximum atomic E-state index is 13.2. The summed E-state index contributed by atoms with van der Waals surface area (Å²) in [5.41, 5.74) is 1.39. The van der Waals surface area contributed by atoms with Crippen LogP contribution in [0.1, 0.15) is 22.3 Å². The van der Waals surface area contributed by atoms with E-state index in [0.717, 1.165) is 5.56 Å². The molecule has 0 aliphatic carbocycles. The van der Waals surface area contributed by atoms with E-state index in [1.54, 1.807) is 47.4 Å². The van der Waals surface area contributed by atoms with Gasteiger partial charge in [0.25, 0.3) is 5.91 Å². The molecule has 1 heterocycles. The molecule has 2 aromatic rings. The Labute approximate surface area is 170 Å². The Morgan fingerprint density at radius 2 is 1.86 bits per heavy atom. The van der Waals surface area contributed by atoms with Crippen molar-refractivity contribution in [1.82, 2.24) is 4.90 Å². The average molecular weight is 420 g/mol. The zero-order valence-electron chi connectivity index (χ0n) is 15.4. The van der Waals surface area contributed by atoms with Gasteiger partial charge < -0.3 is 9.64 Å². The van der Waals surface area contributed by atoms with Crippen LogP contribution in [0.2, 0.25) is 5.02 Å². The van der Waals surface area contributed by atoms with Gasteiger partial charge in [-0.05, 0) is 48.4 Å². The predicted molar refractivity (Wildman–Crippen MR) is 111 cm³/mol. The van der Waals surface area contributed by atoms with Crippen molar-refractivity contribution in [3.05, 3.63) is 77.3 Å². The van der Waals surface area contributed by atoms with E-state index >= 15 is 0 Å². The van der Waals surface area contributed by atoms with Gasteiger partial charge in [0, 0.05) is 23.2 Å². The van der Waals surface area contributed by atoms with Crippen molar-refractivity contribution in [2.24, 2.45) is 0 Å². The predicted octanol–water partition coefficient (Wildman–Crippen LogP) is 3.73. The van der Waals surface area contributed by atoms with Crippen LogP contribution >= 0.6 is 11.6 Å². The molecule has 0 radical (unpaired) electrons. The molecular formula is C21H22ClNO4S. The first kappa shape index (κ1) is 20.4. The molecule has 0 N–H and O–H groups in total. The quantitative estimate of drug-likeness (QED) is 0.641. The molecule has 1 atom stereocenters. The van der Waals surface area contributed by atoms with Crippen molar-refractivity contribution in [1.29, 1.82) is 0 Å². The minimum Gasteiger partial charge on any atom is -0.490 e. The minimum absolute atomic E-state index is 0.00708. The fraction of sp³-hybridized carbons (Fsp3) is 0.286. The van der Waals surface area contributed by atoms with Gasteiger partial charge >= 0.3 is 0 Å². The largest absolute Gasteiger partial charge is 0.490 e. The highest BCUT2D eigenvalue weighted by molar-refractivity contribution is 7.91. The van der Waals surface area contributed by atoms with Gasteiger partial charge in [0.1, 0.15) is 12.4 Å². The number of carbonyl (C=O) groups excluding carboxylic acids is 1. The van der Waals surface area contributed by atoms with Crippen LogP contribution in [0.15, 0.2) is 61.2 Å². The molecule has 28 heavy (non-hydrogen) atoms. The lowest BCUT2D eigenvalue weighted by atomic mass is 10.1. The summed E-state index contributed by atoms with van der Waals surface area (Å²) in [4.78, 5) is 14.8. The fourth-order valence-corrected chi connectivity index (χ4v) is 5.05. The summed E-state index contributed by atoms with van der Waals surface area (Å²) >= 11 is 5.94. The minimum atomic E-state index is -3.12. The lowest BCUT2D eigenvalue weighted by Gasteiger charge is -2.28. The molecule has 0 aromatic heterocycles. The average Bonchev–Trinajstić information content (AvgIpc) is 3.05. The Bertz CT molecular complexity index is 939. The molecule has 1 amide bonds. The number of sulfone groups is 1. The van der Waals surface area contributed by atoms with Gasteiger partial charge in [0.05, 0.1) is 11.5 Å². The number of benzene rings is 2. The van der Waals surface area contributed by atoms with Gasteiger partial charge in [0.15, 0.2) is 9.84 Å². The molecule has 3 rings (SSSR count). The lowest BCUT2D eigenvalue weighted by Crippen LogP contribution is -2.40. The topological polar surface area (TPSA) is 63.7 Å². The molecule has 1 aliphatic rings. The molecule has 148 valence electrons. The fourth-order valence-electron chi connectivity index (χ4n) is 3.19. The number of hydrogen-bond acceptors (Lipinski definition) is 4. The zero-order valence-corrected chi connectivity index (χ0v) is 17.0. The third kappa shape index (κ3) is 5.14. The monoisotopic (exact) mass is 419 g/mol. The first-order chi connectivity index (χ1) is 13.4. The van der Waals surface area contributed by atoms with Gasteiger partial charge in [-0.25, -0.2) is 8.42 Å². The highest BCUT2D eigenvalue weighted by atomic mass is 35.5. The van der Waals surface area contributed by atoms with Crippen LogP contribution < -0.4 is 4.74 Å². The van der Waals surface area contributed by atoms with Crippen molar-refractivity contribution < 1.29 is 17.9 Å². The summed E-state index contributed by atoms with van der Waals surface area (Å²) in [6.07, 6.45) is 2.09. The molecule has 7 heteroatoms. The molecule has 0 saturated carbocycles. The van der Waals surface area contributed by atoms with Crippen molar-refractivity contribution >= 4 is 27.3 Å². The van der Waals surface area contributed by atoms with Crippen LogP contribution in [-0.4, -0.2) is 43.4 Å². The molecule has 1 fully saturated rings. The molecule has 2 aromatic carbocycles. The standard InChI is InChI=1S/C21H22ClNO4S/c1-2-12-27-20-9-5-17(6-10-20)21(24)23(19-11-13-28(25,26)15-19)14-16-3-7-18(22)8-4-16/h2-10,19H,1,11-15H2. The first-order valence-electron chi connectivity index (χ1n) is 8.97. The zero-order chi connectivity index (χ0) is 20.1. The van der Waals surface area contributed by atoms with E-state index in [-0.39, 0.29) is 23.5 Å². The van der Waals surface area contributed by atoms with E-state index < -0.39 is 9.84 Å². The van der Waals surface area contributed by atoms with Crippen LogP contribution in [0, 0.1) is 0 Å². The van der Waals surface area contributed by atoms with E-state index in [4.69, 9.17) is 16.3 Å². The van der Waals surface area contributed by atoms with Crippen LogP contribution in [0.5, 0.6) is 5.75 Å². The Morgan fingerprint density at radius 1 is 1.18 bits per heavy atom. The first-order valence-corrected chi connectivity index (χ1v) is 11.2. The Balaban J connectivity index is 1.83. The highest BCUT2D eigenvalue weighted by Crippen LogP contribution is 2.24. The summed E-state index contributed by atoms with van der Waals surface area (Å²) in [6.45, 7) is 4.31. The SMILES string of the molecule is C=CCOc1ccc(C(=O)N(Cc2ccc(Cl)cc2)C2CCS(=O)(=O)C2)cc1. The molecule has 1 unspecified atom stereocenters. The molecule has 5 nitrogen and oxygen atoms in total. The molecule has 1 aliphatic heterocycles. The van der Waals surface area contributed by atoms with Crippen molar-refractivity contribution in [3.8, 4) is 5.75 Å². The second kappa shape index (κ2) is 8.80. The van der Waals surface area contributed by atoms with Crippen molar-refractivity contribution in [2.45, 2.75) is 19.0 Å². The molecular weight excluding hydrogens is 398 g/mol. The van der Waals surface area contributed by atoms with Gasteiger partial charge in [-0.3, -0.25) is 4.79 Å². The van der Waals surface area contributed by atoms with Crippen molar-refractivity contribution in [3.63, 3.8) is 0 Å². The lowest BCUT2D eigenvalue weighted by molar-refractivity contribution is 0.0681. The van der Waals surface area contributed by atoms with Gasteiger partial charge in [-0.15, -0.1) is 0 Å². The van der Waals surface area contributed by atoms with Crippen LogP contribution in [-0.2, 0) is 16.4 Å². The molecule has 1 saturated heterocycles. The summed E-state index contributed by atoms with van der Waals surface area (Å²) in [7, 11) is -3.12. The number of rotatable bonds is 7. The second-order valence-corrected chi connectivity index (χ2v) is 9.41. The Kier molecular flexibility index (Phi) is 6.42. The summed E-state index contributed by atoms with van der Waals surface area (Å²) in [5.74, 6) is 0.542. The van der Waals surface area contributed by atoms with E-state index in [0.29, 0.717) is 35.9 Å². The maximum Gasteiger partial charge on any atom is 0.254 e. The van der Waals surface area contributed by atoms with Gasteiger partial charge in [-0.2, -0.15) is 0 Å². The van der Waals surface area contributed by atoms with Gasteiger partial charge in [-0.1, -0.05) is 36.4 Å². The van der Waals surface area contributed by atoms with Crippen LogP contribution in [0.3, 0.4) is 0 Å². The Hall–Kier alpha value is -2.31. The number of nitrogens with zero attached hydrogens (tertiary/aromatic N) is 1. The number of amides is 1. The number of ether oxygens (including phenoxy) is 1. The van der Waals surface area contributed by atoms with E-state index in [1.807, 2.05) is 12.1 Å². The normalized spacial score (nSPS) is 17.8. The smallest absolute Gasteiger partial charge is 0.254 e.